The van der Waals surface area contributed by atoms with Gasteiger partial charge >= 0.3 is 0 Å². The minimum Gasteiger partial charge on any atom is -0.267 e. The number of hydrazine groups is 1. The van der Waals surface area contributed by atoms with E-state index < -0.39 is 5.91 Å². The Balaban J connectivity index is 1.56. The predicted octanol–water partition coefficient (Wildman–Crippen LogP) is 2.60. The average molecular weight is 324 g/mol. The van der Waals surface area contributed by atoms with Crippen molar-refractivity contribution >= 4 is 11.8 Å². The molecule has 1 aromatic carbocycles. The maximum Gasteiger partial charge on any atom is 0.289 e. The van der Waals surface area contributed by atoms with Crippen LogP contribution in [0.1, 0.15) is 64.4 Å². The SMILES string of the molecule is O=C(NNC(=O)c1cnccn1)c1ccc(C2CCCCC2)cc1. The molecule has 0 atom stereocenters. The van der Waals surface area contributed by atoms with Crippen molar-refractivity contribution in [1.82, 2.24) is 20.8 Å². The summed E-state index contributed by atoms with van der Waals surface area (Å²) in [5, 5.41) is 0. The first kappa shape index (κ1) is 16.1. The van der Waals surface area contributed by atoms with Gasteiger partial charge in [0.2, 0.25) is 0 Å². The standard InChI is InChI=1S/C18H20N4O2/c23-17(21-22-18(24)16-12-19-10-11-20-16)15-8-6-14(7-9-15)13-4-2-1-3-5-13/h6-13H,1-5H2,(H,21,23)(H,22,24). The summed E-state index contributed by atoms with van der Waals surface area (Å²) < 4.78 is 0. The third kappa shape index (κ3) is 3.95. The van der Waals surface area contributed by atoms with Crippen molar-refractivity contribution in [3.8, 4) is 0 Å². The molecule has 6 heteroatoms. The quantitative estimate of drug-likeness (QED) is 0.850. The first-order valence-corrected chi connectivity index (χ1v) is 8.20. The zero-order valence-electron chi connectivity index (χ0n) is 13.4. The smallest absolute Gasteiger partial charge is 0.267 e. The lowest BCUT2D eigenvalue weighted by atomic mass is 9.84. The molecule has 0 aliphatic heterocycles. The molecular weight excluding hydrogens is 304 g/mol. The molecule has 6 nitrogen and oxygen atoms in total. The molecule has 2 N–H and O–H groups in total. The Kier molecular flexibility index (Phi) is 5.15. The lowest BCUT2D eigenvalue weighted by Crippen LogP contribution is -2.42. The number of rotatable bonds is 3. The highest BCUT2D eigenvalue weighted by molar-refractivity contribution is 5.98. The monoisotopic (exact) mass is 324 g/mol. The van der Waals surface area contributed by atoms with Crippen LogP contribution in [0.4, 0.5) is 0 Å². The lowest BCUT2D eigenvalue weighted by Gasteiger charge is -2.22. The highest BCUT2D eigenvalue weighted by atomic mass is 16.2. The molecule has 3 rings (SSSR count). The lowest BCUT2D eigenvalue weighted by molar-refractivity contribution is 0.0843. The summed E-state index contributed by atoms with van der Waals surface area (Å²) >= 11 is 0. The van der Waals surface area contributed by atoms with Gasteiger partial charge in [-0.15, -0.1) is 0 Å². The molecule has 124 valence electrons. The Morgan fingerprint density at radius 1 is 0.917 bits per heavy atom. The average Bonchev–Trinajstić information content (AvgIpc) is 2.67. The molecule has 24 heavy (non-hydrogen) atoms. The Morgan fingerprint density at radius 3 is 2.29 bits per heavy atom. The first-order chi connectivity index (χ1) is 11.7. The summed E-state index contributed by atoms with van der Waals surface area (Å²) in [5.74, 6) is -0.259. The van der Waals surface area contributed by atoms with Crippen LogP contribution in [0, 0.1) is 0 Å². The molecule has 2 aromatic rings. The summed E-state index contributed by atoms with van der Waals surface area (Å²) in [6.45, 7) is 0. The second-order valence-electron chi connectivity index (χ2n) is 5.96. The third-order valence-corrected chi connectivity index (χ3v) is 4.33. The normalized spacial score (nSPS) is 14.8. The number of nitrogens with one attached hydrogen (secondary N) is 2. The number of carbonyl (C=O) groups is 2. The predicted molar refractivity (Wildman–Crippen MR) is 89.2 cm³/mol. The van der Waals surface area contributed by atoms with Gasteiger partial charge in [0.25, 0.3) is 11.8 Å². The number of hydrogen-bond donors (Lipinski definition) is 2. The molecule has 0 saturated heterocycles. The number of benzene rings is 1. The molecule has 0 spiro atoms. The van der Waals surface area contributed by atoms with Crippen LogP contribution in [-0.4, -0.2) is 21.8 Å². The number of aromatic nitrogens is 2. The van der Waals surface area contributed by atoms with E-state index in [2.05, 4.69) is 20.8 Å². The van der Waals surface area contributed by atoms with E-state index in [-0.39, 0.29) is 11.6 Å². The summed E-state index contributed by atoms with van der Waals surface area (Å²) in [6, 6.07) is 7.62. The summed E-state index contributed by atoms with van der Waals surface area (Å²) in [7, 11) is 0. The maximum atomic E-state index is 12.1. The van der Waals surface area contributed by atoms with Crippen molar-refractivity contribution in [3.63, 3.8) is 0 Å². The van der Waals surface area contributed by atoms with E-state index in [4.69, 9.17) is 0 Å². The molecule has 1 aromatic heterocycles. The molecule has 1 fully saturated rings. The van der Waals surface area contributed by atoms with Gasteiger partial charge in [-0.2, -0.15) is 0 Å². The van der Waals surface area contributed by atoms with Crippen LogP contribution in [0.25, 0.3) is 0 Å². The minimum atomic E-state index is -0.504. The zero-order valence-corrected chi connectivity index (χ0v) is 13.4. The second-order valence-corrected chi connectivity index (χ2v) is 5.96. The fourth-order valence-corrected chi connectivity index (χ4v) is 3.01. The fraction of sp³-hybridized carbons (Fsp3) is 0.333. The Morgan fingerprint density at radius 2 is 1.62 bits per heavy atom. The van der Waals surface area contributed by atoms with E-state index in [1.807, 2.05) is 12.1 Å². The number of hydrogen-bond acceptors (Lipinski definition) is 4. The van der Waals surface area contributed by atoms with Gasteiger partial charge in [-0.25, -0.2) is 4.98 Å². The van der Waals surface area contributed by atoms with E-state index in [1.54, 1.807) is 12.1 Å². The summed E-state index contributed by atoms with van der Waals surface area (Å²) in [4.78, 5) is 31.6. The van der Waals surface area contributed by atoms with Crippen LogP contribution in [0.3, 0.4) is 0 Å². The van der Waals surface area contributed by atoms with Gasteiger partial charge in [0, 0.05) is 18.0 Å². The maximum absolute atomic E-state index is 12.1. The molecule has 1 saturated carbocycles. The van der Waals surface area contributed by atoms with Crippen molar-refractivity contribution < 1.29 is 9.59 Å². The highest BCUT2D eigenvalue weighted by Gasteiger charge is 2.16. The van der Waals surface area contributed by atoms with Crippen molar-refractivity contribution in [1.29, 1.82) is 0 Å². The number of nitrogens with zero attached hydrogens (tertiary/aromatic N) is 2. The summed E-state index contributed by atoms with van der Waals surface area (Å²) in [5.41, 5.74) is 6.66. The van der Waals surface area contributed by atoms with Crippen LogP contribution in [-0.2, 0) is 0 Å². The number of amides is 2. The van der Waals surface area contributed by atoms with E-state index >= 15 is 0 Å². The van der Waals surface area contributed by atoms with Gasteiger partial charge in [0.15, 0.2) is 0 Å². The van der Waals surface area contributed by atoms with Crippen molar-refractivity contribution in [3.05, 3.63) is 59.7 Å². The molecule has 2 amide bonds. The van der Waals surface area contributed by atoms with Gasteiger partial charge in [-0.3, -0.25) is 25.4 Å². The van der Waals surface area contributed by atoms with Gasteiger partial charge in [-0.1, -0.05) is 31.4 Å². The Hall–Kier alpha value is -2.76. The van der Waals surface area contributed by atoms with Gasteiger partial charge in [0.1, 0.15) is 5.69 Å². The van der Waals surface area contributed by atoms with E-state index in [9.17, 15) is 9.59 Å². The van der Waals surface area contributed by atoms with Crippen molar-refractivity contribution in [2.24, 2.45) is 0 Å². The minimum absolute atomic E-state index is 0.144. The summed E-state index contributed by atoms with van der Waals surface area (Å²) in [6.07, 6.45) is 10.6. The molecule has 0 unspecified atom stereocenters. The van der Waals surface area contributed by atoms with Crippen LogP contribution in [0.5, 0.6) is 0 Å². The molecule has 1 aliphatic rings. The highest BCUT2D eigenvalue weighted by Crippen LogP contribution is 2.32. The van der Waals surface area contributed by atoms with Crippen molar-refractivity contribution in [2.75, 3.05) is 0 Å². The van der Waals surface area contributed by atoms with Crippen LogP contribution >= 0.6 is 0 Å². The molecule has 1 aliphatic carbocycles. The van der Waals surface area contributed by atoms with Gasteiger partial charge < -0.3 is 0 Å². The first-order valence-electron chi connectivity index (χ1n) is 8.20. The van der Waals surface area contributed by atoms with Gasteiger partial charge in [0.05, 0.1) is 6.20 Å². The molecule has 0 radical (unpaired) electrons. The largest absolute Gasteiger partial charge is 0.289 e. The van der Waals surface area contributed by atoms with Crippen molar-refractivity contribution in [2.45, 2.75) is 38.0 Å². The Bertz CT molecular complexity index is 695. The van der Waals surface area contributed by atoms with E-state index in [0.717, 1.165) is 0 Å². The van der Waals surface area contributed by atoms with Crippen LogP contribution in [0.2, 0.25) is 0 Å². The van der Waals surface area contributed by atoms with E-state index in [0.29, 0.717) is 11.5 Å². The van der Waals surface area contributed by atoms with Crippen LogP contribution < -0.4 is 10.9 Å². The van der Waals surface area contributed by atoms with Gasteiger partial charge in [-0.05, 0) is 36.5 Å². The number of carbonyl (C=O) groups excluding carboxylic acids is 2. The fourth-order valence-electron chi connectivity index (χ4n) is 3.01. The molecule has 1 heterocycles. The van der Waals surface area contributed by atoms with Crippen LogP contribution in [0.15, 0.2) is 42.9 Å². The topological polar surface area (TPSA) is 84.0 Å². The zero-order chi connectivity index (χ0) is 16.8. The third-order valence-electron chi connectivity index (χ3n) is 4.33. The second kappa shape index (κ2) is 7.68. The Labute approximate surface area is 140 Å². The van der Waals surface area contributed by atoms with E-state index in [1.165, 1.54) is 56.3 Å². The molecule has 0 bridgehead atoms. The molecular formula is C18H20N4O2.